The van der Waals surface area contributed by atoms with Crippen LogP contribution < -0.4 is 5.73 Å². The molecule has 0 spiro atoms. The van der Waals surface area contributed by atoms with E-state index in [1.165, 1.54) is 12.1 Å². The summed E-state index contributed by atoms with van der Waals surface area (Å²) >= 11 is 0. The molecule has 0 aliphatic heterocycles. The molecule has 0 aromatic heterocycles. The van der Waals surface area contributed by atoms with Gasteiger partial charge in [-0.15, -0.1) is 0 Å². The fraction of sp³-hybridized carbons (Fsp3) is 0. The van der Waals surface area contributed by atoms with Gasteiger partial charge in [0.05, 0.1) is 4.92 Å². The standard InChI is InChI=1S/C12H10N2O2S2/c13-9-1-5-11(6-2-9)17-18-12-7-3-10(4-8-12)14(15)16/h1-8H,13H2. The summed E-state index contributed by atoms with van der Waals surface area (Å²) in [5, 5.41) is 10.5. The number of non-ortho nitro benzene ring substituents is 1. The minimum Gasteiger partial charge on any atom is -0.399 e. The molecule has 0 amide bonds. The van der Waals surface area contributed by atoms with E-state index in [0.717, 1.165) is 15.5 Å². The molecule has 0 aliphatic carbocycles. The fourth-order valence-corrected chi connectivity index (χ4v) is 3.17. The highest BCUT2D eigenvalue weighted by atomic mass is 33.1. The van der Waals surface area contributed by atoms with Crippen LogP contribution in [0.15, 0.2) is 58.3 Å². The van der Waals surface area contributed by atoms with Gasteiger partial charge in [-0.25, -0.2) is 0 Å². The number of benzene rings is 2. The Labute approximate surface area is 112 Å². The maximum atomic E-state index is 10.5. The van der Waals surface area contributed by atoms with E-state index < -0.39 is 4.92 Å². The summed E-state index contributed by atoms with van der Waals surface area (Å²) < 4.78 is 0. The molecule has 2 rings (SSSR count). The van der Waals surface area contributed by atoms with E-state index in [2.05, 4.69) is 0 Å². The van der Waals surface area contributed by atoms with Crippen LogP contribution in [-0.4, -0.2) is 4.92 Å². The number of nitrogens with two attached hydrogens (primary N) is 1. The average molecular weight is 278 g/mol. The second-order valence-electron chi connectivity index (χ2n) is 3.49. The van der Waals surface area contributed by atoms with E-state index in [1.54, 1.807) is 33.7 Å². The van der Waals surface area contributed by atoms with Crippen molar-refractivity contribution in [2.45, 2.75) is 9.79 Å². The van der Waals surface area contributed by atoms with E-state index in [0.29, 0.717) is 0 Å². The zero-order valence-corrected chi connectivity index (χ0v) is 10.9. The van der Waals surface area contributed by atoms with Crippen molar-refractivity contribution >= 4 is 33.0 Å². The first-order valence-electron chi connectivity index (χ1n) is 5.10. The van der Waals surface area contributed by atoms with E-state index in [-0.39, 0.29) is 5.69 Å². The maximum Gasteiger partial charge on any atom is 0.269 e. The van der Waals surface area contributed by atoms with Crippen LogP contribution in [0.25, 0.3) is 0 Å². The molecule has 18 heavy (non-hydrogen) atoms. The predicted octanol–water partition coefficient (Wildman–Crippen LogP) is 3.98. The van der Waals surface area contributed by atoms with Gasteiger partial charge in [0.1, 0.15) is 0 Å². The molecule has 0 saturated heterocycles. The highest BCUT2D eigenvalue weighted by Crippen LogP contribution is 2.37. The second-order valence-corrected chi connectivity index (χ2v) is 5.76. The molecule has 0 saturated carbocycles. The van der Waals surface area contributed by atoms with Gasteiger partial charge in [-0.05, 0) is 36.4 Å². The van der Waals surface area contributed by atoms with Crippen molar-refractivity contribution in [2.75, 3.05) is 5.73 Å². The van der Waals surface area contributed by atoms with Crippen LogP contribution in [-0.2, 0) is 0 Å². The highest BCUT2D eigenvalue weighted by molar-refractivity contribution is 8.76. The van der Waals surface area contributed by atoms with Crippen LogP contribution in [0.2, 0.25) is 0 Å². The topological polar surface area (TPSA) is 69.2 Å². The number of nitro benzene ring substituents is 1. The van der Waals surface area contributed by atoms with Gasteiger partial charge in [-0.3, -0.25) is 10.1 Å². The summed E-state index contributed by atoms with van der Waals surface area (Å²) in [6.45, 7) is 0. The Morgan fingerprint density at radius 1 is 0.889 bits per heavy atom. The lowest BCUT2D eigenvalue weighted by atomic mass is 10.3. The van der Waals surface area contributed by atoms with Crippen molar-refractivity contribution in [1.29, 1.82) is 0 Å². The van der Waals surface area contributed by atoms with Crippen molar-refractivity contribution in [2.24, 2.45) is 0 Å². The molecule has 92 valence electrons. The largest absolute Gasteiger partial charge is 0.399 e. The minimum atomic E-state index is -0.401. The smallest absolute Gasteiger partial charge is 0.269 e. The molecule has 2 aromatic carbocycles. The quantitative estimate of drug-likeness (QED) is 0.396. The Bertz CT molecular complexity index is 541. The van der Waals surface area contributed by atoms with Crippen molar-refractivity contribution in [3.63, 3.8) is 0 Å². The highest BCUT2D eigenvalue weighted by Gasteiger charge is 2.04. The third-order valence-corrected chi connectivity index (χ3v) is 4.58. The summed E-state index contributed by atoms with van der Waals surface area (Å²) in [5.74, 6) is 0. The molecule has 4 nitrogen and oxygen atoms in total. The number of hydrogen-bond donors (Lipinski definition) is 1. The summed E-state index contributed by atoms with van der Waals surface area (Å²) in [4.78, 5) is 12.2. The van der Waals surface area contributed by atoms with Gasteiger partial charge in [0.15, 0.2) is 0 Å². The Morgan fingerprint density at radius 3 is 1.78 bits per heavy atom. The van der Waals surface area contributed by atoms with Crippen LogP contribution in [0.3, 0.4) is 0 Å². The van der Waals surface area contributed by atoms with Crippen LogP contribution in [0, 0.1) is 10.1 Å². The molecule has 2 aromatic rings. The minimum absolute atomic E-state index is 0.108. The Hall–Kier alpha value is -1.66. The van der Waals surface area contributed by atoms with Gasteiger partial charge >= 0.3 is 0 Å². The van der Waals surface area contributed by atoms with Gasteiger partial charge in [0, 0.05) is 27.6 Å². The number of nitrogens with zero attached hydrogens (tertiary/aromatic N) is 1. The van der Waals surface area contributed by atoms with E-state index in [4.69, 9.17) is 5.73 Å². The van der Waals surface area contributed by atoms with Crippen molar-refractivity contribution < 1.29 is 4.92 Å². The lowest BCUT2D eigenvalue weighted by molar-refractivity contribution is -0.384. The zero-order chi connectivity index (χ0) is 13.0. The van der Waals surface area contributed by atoms with Gasteiger partial charge < -0.3 is 5.73 Å². The van der Waals surface area contributed by atoms with Gasteiger partial charge in [-0.1, -0.05) is 21.6 Å². The van der Waals surface area contributed by atoms with E-state index in [9.17, 15) is 10.1 Å². The average Bonchev–Trinajstić information content (AvgIpc) is 2.38. The fourth-order valence-electron chi connectivity index (χ4n) is 1.24. The normalized spacial score (nSPS) is 10.2. The van der Waals surface area contributed by atoms with Crippen LogP contribution in [0.5, 0.6) is 0 Å². The predicted molar refractivity (Wildman–Crippen MR) is 75.7 cm³/mol. The first-order valence-corrected chi connectivity index (χ1v) is 7.24. The van der Waals surface area contributed by atoms with Crippen molar-refractivity contribution in [3.05, 3.63) is 58.6 Å². The van der Waals surface area contributed by atoms with Crippen molar-refractivity contribution in [1.82, 2.24) is 0 Å². The molecule has 6 heteroatoms. The lowest BCUT2D eigenvalue weighted by Gasteiger charge is -2.01. The Kier molecular flexibility index (Phi) is 4.11. The third-order valence-electron chi connectivity index (χ3n) is 2.16. The molecule has 0 atom stereocenters. The molecular formula is C12H10N2O2S2. The monoisotopic (exact) mass is 278 g/mol. The third kappa shape index (κ3) is 3.41. The number of nitro groups is 1. The first kappa shape index (κ1) is 12.8. The van der Waals surface area contributed by atoms with E-state index in [1.807, 2.05) is 24.3 Å². The summed E-state index contributed by atoms with van der Waals surface area (Å²) in [6, 6.07) is 14.1. The molecule has 0 unspecified atom stereocenters. The first-order chi connectivity index (χ1) is 8.65. The molecule has 0 fully saturated rings. The summed E-state index contributed by atoms with van der Waals surface area (Å²) in [5.41, 5.74) is 6.44. The Morgan fingerprint density at radius 2 is 1.33 bits per heavy atom. The lowest BCUT2D eigenvalue weighted by Crippen LogP contribution is -1.86. The molecular weight excluding hydrogens is 268 g/mol. The maximum absolute atomic E-state index is 10.5. The molecule has 0 radical (unpaired) electrons. The molecule has 2 N–H and O–H groups in total. The molecule has 0 bridgehead atoms. The van der Waals surface area contributed by atoms with Crippen LogP contribution in [0.4, 0.5) is 11.4 Å². The number of anilines is 1. The number of hydrogen-bond acceptors (Lipinski definition) is 5. The van der Waals surface area contributed by atoms with Crippen LogP contribution >= 0.6 is 21.6 Å². The van der Waals surface area contributed by atoms with Crippen LogP contribution in [0.1, 0.15) is 0 Å². The van der Waals surface area contributed by atoms with Crippen molar-refractivity contribution in [3.8, 4) is 0 Å². The van der Waals surface area contributed by atoms with Gasteiger partial charge in [0.2, 0.25) is 0 Å². The summed E-state index contributed by atoms with van der Waals surface area (Å²) in [6.07, 6.45) is 0. The van der Waals surface area contributed by atoms with E-state index >= 15 is 0 Å². The molecule has 0 heterocycles. The SMILES string of the molecule is Nc1ccc(SSc2ccc([N+](=O)[O-])cc2)cc1. The second kappa shape index (κ2) is 5.79. The number of nitrogen functional groups attached to an aromatic ring is 1. The summed E-state index contributed by atoms with van der Waals surface area (Å²) in [7, 11) is 3.14. The molecule has 0 aliphatic rings. The van der Waals surface area contributed by atoms with Gasteiger partial charge in [0.25, 0.3) is 5.69 Å². The van der Waals surface area contributed by atoms with Gasteiger partial charge in [-0.2, -0.15) is 0 Å². The Balaban J connectivity index is 1.97. The number of rotatable bonds is 4. The zero-order valence-electron chi connectivity index (χ0n) is 9.28.